The molecule has 0 atom stereocenters. The normalized spacial score (nSPS) is 17.3. The molecule has 9 nitrogen and oxygen atoms in total. The molecule has 1 aromatic heterocycles. The van der Waals surface area contributed by atoms with E-state index in [4.69, 9.17) is 10.5 Å². The van der Waals surface area contributed by atoms with E-state index in [1.807, 2.05) is 0 Å². The number of primary amides is 1. The number of amides is 2. The molecule has 2 aliphatic rings. The standard InChI is InChI=1S/C23H25F3N6O3S/c24-23(25,26)17-4-6-29-21(31-17)19(20(27)34)22-30-15-3-2-14(12-16(15)36-22)13-18(33)28-5-1-7-32-8-10-35-11-9-32/h2-4,6,12,30H,1,5,7-11,13H2,(H2,27,34)(H,28,33)/b22-19-. The number of alkyl halides is 3. The van der Waals surface area contributed by atoms with Gasteiger partial charge in [-0.2, -0.15) is 13.2 Å². The summed E-state index contributed by atoms with van der Waals surface area (Å²) in [5, 5.41) is 6.14. The highest BCUT2D eigenvalue weighted by atomic mass is 32.2. The van der Waals surface area contributed by atoms with Crippen molar-refractivity contribution in [3.05, 3.63) is 52.6 Å². The van der Waals surface area contributed by atoms with Crippen LogP contribution in [0.3, 0.4) is 0 Å². The number of aromatic nitrogens is 2. The fourth-order valence-corrected chi connectivity index (χ4v) is 4.91. The summed E-state index contributed by atoms with van der Waals surface area (Å²) < 4.78 is 44.5. The van der Waals surface area contributed by atoms with Crippen LogP contribution in [0.4, 0.5) is 18.9 Å². The lowest BCUT2D eigenvalue weighted by atomic mass is 10.1. The lowest BCUT2D eigenvalue weighted by Gasteiger charge is -2.26. The zero-order valence-electron chi connectivity index (χ0n) is 19.2. The van der Waals surface area contributed by atoms with Gasteiger partial charge in [-0.25, -0.2) is 9.97 Å². The average Bonchev–Trinajstić information content (AvgIpc) is 3.24. The summed E-state index contributed by atoms with van der Waals surface area (Å²) in [5.41, 5.74) is 5.44. The van der Waals surface area contributed by atoms with E-state index < -0.39 is 23.6 Å². The van der Waals surface area contributed by atoms with Gasteiger partial charge < -0.3 is 21.1 Å². The molecule has 0 spiro atoms. The Morgan fingerprint density at radius 3 is 2.72 bits per heavy atom. The second-order valence-electron chi connectivity index (χ2n) is 8.22. The Hall–Kier alpha value is -3.16. The summed E-state index contributed by atoms with van der Waals surface area (Å²) in [7, 11) is 0. The number of morpholine rings is 1. The monoisotopic (exact) mass is 522 g/mol. The number of hydrogen-bond donors (Lipinski definition) is 3. The number of fused-ring (bicyclic) bond motifs is 1. The van der Waals surface area contributed by atoms with Crippen molar-refractivity contribution in [2.45, 2.75) is 23.9 Å². The molecule has 4 N–H and O–H groups in total. The summed E-state index contributed by atoms with van der Waals surface area (Å²) >= 11 is 1.12. The maximum Gasteiger partial charge on any atom is 0.433 e. The molecule has 2 aromatic rings. The predicted molar refractivity (Wildman–Crippen MR) is 128 cm³/mol. The van der Waals surface area contributed by atoms with E-state index in [9.17, 15) is 22.8 Å². The maximum absolute atomic E-state index is 13.1. The Labute approximate surface area is 209 Å². The quantitative estimate of drug-likeness (QED) is 0.357. The summed E-state index contributed by atoms with van der Waals surface area (Å²) in [4.78, 5) is 34.8. The minimum absolute atomic E-state index is 0.112. The third-order valence-electron chi connectivity index (χ3n) is 5.59. The number of hydrogen-bond acceptors (Lipinski definition) is 8. The first-order valence-electron chi connectivity index (χ1n) is 11.3. The molecule has 36 heavy (non-hydrogen) atoms. The Kier molecular flexibility index (Phi) is 8.11. The molecular weight excluding hydrogens is 497 g/mol. The molecule has 0 aliphatic carbocycles. The Morgan fingerprint density at radius 2 is 2.00 bits per heavy atom. The van der Waals surface area contributed by atoms with Crippen LogP contribution in [0.1, 0.15) is 23.5 Å². The second-order valence-corrected chi connectivity index (χ2v) is 9.28. The molecule has 13 heteroatoms. The van der Waals surface area contributed by atoms with Crippen LogP contribution in [-0.4, -0.2) is 66.1 Å². The second kappa shape index (κ2) is 11.3. The molecule has 4 rings (SSSR count). The highest BCUT2D eigenvalue weighted by Crippen LogP contribution is 2.44. The number of rotatable bonds is 8. The van der Waals surface area contributed by atoms with Crippen molar-refractivity contribution in [1.29, 1.82) is 0 Å². The van der Waals surface area contributed by atoms with Crippen LogP contribution in [-0.2, 0) is 26.9 Å². The van der Waals surface area contributed by atoms with Crippen LogP contribution in [0.5, 0.6) is 0 Å². The van der Waals surface area contributed by atoms with Gasteiger partial charge in [-0.15, -0.1) is 0 Å². The average molecular weight is 523 g/mol. The predicted octanol–water partition coefficient (Wildman–Crippen LogP) is 2.25. The zero-order valence-corrected chi connectivity index (χ0v) is 20.0. The van der Waals surface area contributed by atoms with Crippen LogP contribution in [0.2, 0.25) is 0 Å². The Balaban J connectivity index is 1.39. The van der Waals surface area contributed by atoms with E-state index in [0.29, 0.717) is 17.1 Å². The summed E-state index contributed by atoms with van der Waals surface area (Å²) in [6, 6.07) is 6.02. The van der Waals surface area contributed by atoms with Crippen molar-refractivity contribution in [2.24, 2.45) is 5.73 Å². The topological polar surface area (TPSA) is 122 Å². The summed E-state index contributed by atoms with van der Waals surface area (Å²) in [6.45, 7) is 4.76. The molecule has 1 aromatic carbocycles. The molecule has 1 fully saturated rings. The van der Waals surface area contributed by atoms with Crippen LogP contribution >= 0.6 is 11.8 Å². The van der Waals surface area contributed by atoms with Crippen molar-refractivity contribution >= 4 is 34.8 Å². The first kappa shape index (κ1) is 25.9. The maximum atomic E-state index is 13.1. The van der Waals surface area contributed by atoms with Gasteiger partial charge in [-0.1, -0.05) is 17.8 Å². The highest BCUT2D eigenvalue weighted by molar-refractivity contribution is 8.04. The first-order valence-corrected chi connectivity index (χ1v) is 12.1. The van der Waals surface area contributed by atoms with E-state index >= 15 is 0 Å². The Bertz CT molecular complexity index is 1170. The number of anilines is 1. The fourth-order valence-electron chi connectivity index (χ4n) is 3.80. The molecule has 0 bridgehead atoms. The summed E-state index contributed by atoms with van der Waals surface area (Å²) in [6.07, 6.45) is -2.75. The van der Waals surface area contributed by atoms with E-state index in [2.05, 4.69) is 25.5 Å². The zero-order chi connectivity index (χ0) is 25.7. The van der Waals surface area contributed by atoms with E-state index in [1.54, 1.807) is 18.2 Å². The lowest BCUT2D eigenvalue weighted by Crippen LogP contribution is -2.38. The number of thioether (sulfide) groups is 1. The summed E-state index contributed by atoms with van der Waals surface area (Å²) in [5.74, 6) is -1.50. The molecule has 2 amide bonds. The van der Waals surface area contributed by atoms with Gasteiger partial charge in [0.05, 0.1) is 30.4 Å². The Morgan fingerprint density at radius 1 is 1.22 bits per heavy atom. The van der Waals surface area contributed by atoms with Crippen LogP contribution in [0.25, 0.3) is 5.57 Å². The van der Waals surface area contributed by atoms with Gasteiger partial charge in [0.1, 0.15) is 11.3 Å². The van der Waals surface area contributed by atoms with Crippen molar-refractivity contribution in [2.75, 3.05) is 44.7 Å². The molecule has 0 radical (unpaired) electrons. The first-order chi connectivity index (χ1) is 17.2. The molecular formula is C23H25F3N6O3S. The van der Waals surface area contributed by atoms with Crippen molar-refractivity contribution in [3.63, 3.8) is 0 Å². The van der Waals surface area contributed by atoms with Crippen LogP contribution in [0, 0.1) is 0 Å². The van der Waals surface area contributed by atoms with Crippen LogP contribution in [0.15, 0.2) is 40.4 Å². The minimum atomic E-state index is -4.69. The number of ether oxygens (including phenoxy) is 1. The molecule has 0 unspecified atom stereocenters. The van der Waals surface area contributed by atoms with E-state index in [0.717, 1.165) is 68.9 Å². The van der Waals surface area contributed by atoms with Crippen LogP contribution < -0.4 is 16.4 Å². The SMILES string of the molecule is NC(=O)/C(=C1\Nc2ccc(CC(=O)NCCCN3CCOCC3)cc2S1)c1nccc(C(F)(F)F)n1. The smallest absolute Gasteiger partial charge is 0.379 e. The van der Waals surface area contributed by atoms with Crippen molar-refractivity contribution < 1.29 is 27.5 Å². The van der Waals surface area contributed by atoms with Crippen molar-refractivity contribution in [3.8, 4) is 0 Å². The third kappa shape index (κ3) is 6.53. The van der Waals surface area contributed by atoms with Gasteiger partial charge in [0.2, 0.25) is 5.91 Å². The lowest BCUT2D eigenvalue weighted by molar-refractivity contribution is -0.141. The molecule has 192 valence electrons. The molecule has 3 heterocycles. The van der Waals surface area contributed by atoms with Gasteiger partial charge in [0.25, 0.3) is 5.91 Å². The number of nitrogens with two attached hydrogens (primary N) is 1. The van der Waals surface area contributed by atoms with E-state index in [-0.39, 0.29) is 22.9 Å². The number of carbonyl (C=O) groups excluding carboxylic acids is 2. The van der Waals surface area contributed by atoms with Gasteiger partial charge in [-0.05, 0) is 36.7 Å². The molecule has 0 saturated carbocycles. The number of halogens is 3. The number of carbonyl (C=O) groups is 2. The van der Waals surface area contributed by atoms with Gasteiger partial charge in [0.15, 0.2) is 5.82 Å². The molecule has 1 saturated heterocycles. The van der Waals surface area contributed by atoms with E-state index in [1.165, 1.54) is 0 Å². The fraction of sp³-hybridized carbons (Fsp3) is 0.391. The van der Waals surface area contributed by atoms with Gasteiger partial charge in [0, 0.05) is 30.7 Å². The van der Waals surface area contributed by atoms with Crippen molar-refractivity contribution in [1.82, 2.24) is 20.2 Å². The highest BCUT2D eigenvalue weighted by Gasteiger charge is 2.34. The number of benzene rings is 1. The number of nitrogens with one attached hydrogen (secondary N) is 2. The third-order valence-corrected chi connectivity index (χ3v) is 6.66. The number of nitrogens with zero attached hydrogens (tertiary/aromatic N) is 3. The van der Waals surface area contributed by atoms with Gasteiger partial charge >= 0.3 is 6.18 Å². The van der Waals surface area contributed by atoms with Gasteiger partial charge in [-0.3, -0.25) is 14.5 Å². The largest absolute Gasteiger partial charge is 0.433 e. The molecule has 2 aliphatic heterocycles. The minimum Gasteiger partial charge on any atom is -0.379 e.